The van der Waals surface area contributed by atoms with E-state index in [9.17, 15) is 0 Å². The molecule has 1 aliphatic rings. The van der Waals surface area contributed by atoms with Crippen molar-refractivity contribution in [2.75, 3.05) is 33.7 Å². The zero-order chi connectivity index (χ0) is 14.2. The summed E-state index contributed by atoms with van der Waals surface area (Å²) in [6.45, 7) is 17.2. The van der Waals surface area contributed by atoms with Crippen LogP contribution in [0.15, 0.2) is 29.5 Å². The number of allylic oxidation sites excluding steroid dienone is 1. The van der Waals surface area contributed by atoms with Gasteiger partial charge < -0.3 is 9.80 Å². The van der Waals surface area contributed by atoms with E-state index in [1.54, 1.807) is 6.20 Å². The Labute approximate surface area is 113 Å². The Morgan fingerprint density at radius 1 is 1.44 bits per heavy atom. The van der Waals surface area contributed by atoms with E-state index < -0.39 is 0 Å². The Morgan fingerprint density at radius 3 is 2.44 bits per heavy atom. The monoisotopic (exact) mass is 251 g/mol. The number of nitrogens with zero attached hydrogens (tertiary/aromatic N) is 3. The second-order valence-electron chi connectivity index (χ2n) is 5.14. The molecule has 3 heteroatoms. The van der Waals surface area contributed by atoms with Crippen LogP contribution >= 0.6 is 0 Å². The van der Waals surface area contributed by atoms with Gasteiger partial charge in [0.15, 0.2) is 0 Å². The molecule has 0 amide bonds. The molecule has 0 unspecified atom stereocenters. The van der Waals surface area contributed by atoms with Gasteiger partial charge in [0.05, 0.1) is 0 Å². The molecule has 0 aromatic rings. The molecule has 0 radical (unpaired) electrons. The molecule has 1 rings (SSSR count). The second-order valence-corrected chi connectivity index (χ2v) is 5.14. The van der Waals surface area contributed by atoms with Crippen molar-refractivity contribution in [1.29, 1.82) is 0 Å². The number of aliphatic imine (C=N–C) groups is 1. The van der Waals surface area contributed by atoms with Gasteiger partial charge in [-0.3, -0.25) is 4.99 Å². The first kappa shape index (κ1) is 16.9. The lowest BCUT2D eigenvalue weighted by Crippen LogP contribution is -2.53. The molecule has 3 nitrogen and oxygen atoms in total. The zero-order valence-electron chi connectivity index (χ0n) is 12.7. The summed E-state index contributed by atoms with van der Waals surface area (Å²) in [5, 5.41) is 0. The molecule has 0 aromatic carbocycles. The minimum Gasteiger partial charge on any atom is -0.375 e. The normalized spacial score (nSPS) is 17.6. The van der Waals surface area contributed by atoms with Crippen molar-refractivity contribution in [2.24, 2.45) is 10.4 Å². The van der Waals surface area contributed by atoms with Crippen molar-refractivity contribution in [2.45, 2.75) is 27.2 Å². The molecule has 0 aromatic heterocycles. The summed E-state index contributed by atoms with van der Waals surface area (Å²) < 4.78 is 0. The fraction of sp³-hybridized carbons (Fsp3) is 0.667. The predicted molar refractivity (Wildman–Crippen MR) is 82.0 cm³/mol. The van der Waals surface area contributed by atoms with Crippen LogP contribution in [0.4, 0.5) is 0 Å². The van der Waals surface area contributed by atoms with Gasteiger partial charge in [0.2, 0.25) is 0 Å². The van der Waals surface area contributed by atoms with Gasteiger partial charge in [-0.25, -0.2) is 0 Å². The van der Waals surface area contributed by atoms with Crippen LogP contribution in [0.5, 0.6) is 0 Å². The minimum atomic E-state index is 0.490. The zero-order valence-corrected chi connectivity index (χ0v) is 12.7. The minimum absolute atomic E-state index is 0.490. The number of likely N-dealkylation sites (tertiary alicyclic amines) is 1. The molecular weight excluding hydrogens is 222 g/mol. The van der Waals surface area contributed by atoms with Crippen LogP contribution in [0.25, 0.3) is 0 Å². The lowest BCUT2D eigenvalue weighted by atomic mass is 9.79. The Balaban J connectivity index is 0.00000137. The molecule has 0 atom stereocenters. The SMILES string of the molecule is C=N/C=C\C(=C)N(C)CCC1(C)CN(C)C1.CC. The molecule has 18 heavy (non-hydrogen) atoms. The maximum absolute atomic E-state index is 3.99. The number of likely N-dealkylation sites (N-methyl/N-ethyl adjacent to an activating group) is 1. The summed E-state index contributed by atoms with van der Waals surface area (Å²) in [6, 6.07) is 0. The smallest absolute Gasteiger partial charge is 0.0305 e. The van der Waals surface area contributed by atoms with E-state index in [0.29, 0.717) is 5.41 Å². The fourth-order valence-corrected chi connectivity index (χ4v) is 2.26. The molecule has 1 fully saturated rings. The van der Waals surface area contributed by atoms with Gasteiger partial charge in [0.25, 0.3) is 0 Å². The summed E-state index contributed by atoms with van der Waals surface area (Å²) in [5.74, 6) is 0. The van der Waals surface area contributed by atoms with Crippen molar-refractivity contribution in [1.82, 2.24) is 9.80 Å². The molecule has 0 N–H and O–H groups in total. The third kappa shape index (κ3) is 5.50. The number of rotatable bonds is 6. The highest BCUT2D eigenvalue weighted by Gasteiger charge is 2.35. The highest BCUT2D eigenvalue weighted by molar-refractivity contribution is 5.27. The van der Waals surface area contributed by atoms with Crippen LogP contribution in [0.2, 0.25) is 0 Å². The number of hydrogen-bond donors (Lipinski definition) is 0. The first-order valence-electron chi connectivity index (χ1n) is 6.68. The quantitative estimate of drug-likeness (QED) is 0.534. The van der Waals surface area contributed by atoms with Crippen LogP contribution < -0.4 is 0 Å². The topological polar surface area (TPSA) is 18.8 Å². The van der Waals surface area contributed by atoms with Crippen LogP contribution in [0.1, 0.15) is 27.2 Å². The van der Waals surface area contributed by atoms with Gasteiger partial charge in [-0.1, -0.05) is 27.4 Å². The number of hydrogen-bond acceptors (Lipinski definition) is 3. The maximum Gasteiger partial charge on any atom is 0.0305 e. The highest BCUT2D eigenvalue weighted by atomic mass is 15.2. The summed E-state index contributed by atoms with van der Waals surface area (Å²) in [7, 11) is 4.24. The Bertz CT molecular complexity index is 288. The molecule has 1 aliphatic heterocycles. The third-order valence-corrected chi connectivity index (χ3v) is 3.22. The molecule has 0 spiro atoms. The molecule has 0 bridgehead atoms. The summed E-state index contributed by atoms with van der Waals surface area (Å²) >= 11 is 0. The summed E-state index contributed by atoms with van der Waals surface area (Å²) in [5.41, 5.74) is 1.48. The first-order chi connectivity index (χ1) is 8.47. The fourth-order valence-electron chi connectivity index (χ4n) is 2.26. The molecule has 1 saturated heterocycles. The van der Waals surface area contributed by atoms with Gasteiger partial charge in [-0.15, -0.1) is 0 Å². The lowest BCUT2D eigenvalue weighted by molar-refractivity contribution is 0.0268. The van der Waals surface area contributed by atoms with E-state index >= 15 is 0 Å². The van der Waals surface area contributed by atoms with E-state index in [0.717, 1.165) is 12.2 Å². The summed E-state index contributed by atoms with van der Waals surface area (Å²) in [6.07, 6.45) is 4.78. The standard InChI is InChI=1S/C13H23N3.C2H6/c1-12(6-8-14-3)16(5)9-7-13(2)10-15(4)11-13;1-2/h6,8H,1,3,7,9-11H2,2,4-5H3;1-2H3/b8-6-;. The Kier molecular flexibility index (Phi) is 7.60. The average Bonchev–Trinajstić information content (AvgIpc) is 2.33. The van der Waals surface area contributed by atoms with Crippen LogP contribution in [0.3, 0.4) is 0 Å². The second kappa shape index (κ2) is 8.09. The Morgan fingerprint density at radius 2 is 2.00 bits per heavy atom. The van der Waals surface area contributed by atoms with E-state index in [4.69, 9.17) is 0 Å². The van der Waals surface area contributed by atoms with Crippen LogP contribution in [-0.4, -0.2) is 50.2 Å². The Hall–Kier alpha value is -1.09. The van der Waals surface area contributed by atoms with E-state index in [1.807, 2.05) is 19.9 Å². The highest BCUT2D eigenvalue weighted by Crippen LogP contribution is 2.32. The van der Waals surface area contributed by atoms with Crippen molar-refractivity contribution >= 4 is 6.72 Å². The summed E-state index contributed by atoms with van der Waals surface area (Å²) in [4.78, 5) is 8.21. The average molecular weight is 251 g/mol. The lowest BCUT2D eigenvalue weighted by Gasteiger charge is -2.47. The predicted octanol–water partition coefficient (Wildman–Crippen LogP) is 3.01. The van der Waals surface area contributed by atoms with Crippen molar-refractivity contribution in [3.8, 4) is 0 Å². The van der Waals surface area contributed by atoms with Crippen LogP contribution in [0, 0.1) is 5.41 Å². The molecular formula is C15H29N3. The first-order valence-corrected chi connectivity index (χ1v) is 6.68. The van der Waals surface area contributed by atoms with E-state index in [2.05, 4.69) is 49.1 Å². The van der Waals surface area contributed by atoms with Gasteiger partial charge in [-0.05, 0) is 31.7 Å². The van der Waals surface area contributed by atoms with Gasteiger partial charge in [0, 0.05) is 38.6 Å². The van der Waals surface area contributed by atoms with Gasteiger partial charge in [-0.2, -0.15) is 0 Å². The maximum atomic E-state index is 3.99. The molecule has 1 heterocycles. The largest absolute Gasteiger partial charge is 0.375 e. The molecule has 0 saturated carbocycles. The van der Waals surface area contributed by atoms with E-state index in [1.165, 1.54) is 19.5 Å². The van der Waals surface area contributed by atoms with Gasteiger partial charge in [0.1, 0.15) is 0 Å². The van der Waals surface area contributed by atoms with Crippen molar-refractivity contribution in [3.63, 3.8) is 0 Å². The molecule has 104 valence electrons. The van der Waals surface area contributed by atoms with E-state index in [-0.39, 0.29) is 0 Å². The van der Waals surface area contributed by atoms with Crippen molar-refractivity contribution in [3.05, 3.63) is 24.6 Å². The third-order valence-electron chi connectivity index (χ3n) is 3.22. The van der Waals surface area contributed by atoms with Crippen molar-refractivity contribution < 1.29 is 0 Å². The van der Waals surface area contributed by atoms with Crippen LogP contribution in [-0.2, 0) is 0 Å². The molecule has 0 aliphatic carbocycles. The van der Waals surface area contributed by atoms with Gasteiger partial charge >= 0.3 is 0 Å².